The van der Waals surface area contributed by atoms with E-state index in [0.717, 1.165) is 31.2 Å². The van der Waals surface area contributed by atoms with E-state index < -0.39 is 5.54 Å². The quantitative estimate of drug-likeness (QED) is 0.506. The van der Waals surface area contributed by atoms with Gasteiger partial charge >= 0.3 is 6.03 Å². The molecule has 5 heteroatoms. The maximum Gasteiger partial charge on any atom is 0.315 e. The highest BCUT2D eigenvalue weighted by molar-refractivity contribution is 5.91. The third kappa shape index (κ3) is 3.97. The number of nitrogens with one attached hydrogen (secondary N) is 3. The van der Waals surface area contributed by atoms with Crippen molar-refractivity contribution < 1.29 is 4.79 Å². The Morgan fingerprint density at radius 2 is 1.95 bits per heavy atom. The predicted molar refractivity (Wildman–Crippen MR) is 84.1 cm³/mol. The van der Waals surface area contributed by atoms with E-state index in [1.54, 1.807) is 0 Å². The lowest BCUT2D eigenvalue weighted by Gasteiger charge is -2.39. The molecule has 21 heavy (non-hydrogen) atoms. The van der Waals surface area contributed by atoms with E-state index in [-0.39, 0.29) is 11.9 Å². The van der Waals surface area contributed by atoms with E-state index in [2.05, 4.69) is 17.6 Å². The lowest BCUT2D eigenvalue weighted by molar-refractivity contribution is 0.215. The highest BCUT2D eigenvalue weighted by Crippen LogP contribution is 2.31. The maximum absolute atomic E-state index is 12.1. The molecule has 2 amide bonds. The van der Waals surface area contributed by atoms with Gasteiger partial charge in [-0.2, -0.15) is 0 Å². The van der Waals surface area contributed by atoms with Gasteiger partial charge in [-0.3, -0.25) is 5.41 Å². The predicted octanol–water partition coefficient (Wildman–Crippen LogP) is 2.37. The van der Waals surface area contributed by atoms with Gasteiger partial charge in [-0.25, -0.2) is 4.79 Å². The van der Waals surface area contributed by atoms with Gasteiger partial charge in [0.15, 0.2) is 0 Å². The molecule has 0 saturated heterocycles. The van der Waals surface area contributed by atoms with Crippen LogP contribution in [0.2, 0.25) is 0 Å². The van der Waals surface area contributed by atoms with E-state index in [1.165, 1.54) is 0 Å². The monoisotopic (exact) mass is 288 g/mol. The Bertz CT molecular complexity index is 492. The normalized spacial score (nSPS) is 25.1. The fourth-order valence-electron chi connectivity index (χ4n) is 2.76. The van der Waals surface area contributed by atoms with Gasteiger partial charge in [0, 0.05) is 6.54 Å². The van der Waals surface area contributed by atoms with Crippen molar-refractivity contribution >= 4 is 11.9 Å². The van der Waals surface area contributed by atoms with Crippen molar-refractivity contribution in [1.82, 2.24) is 10.6 Å². The minimum absolute atomic E-state index is 0.0595. The number of amidine groups is 1. The lowest BCUT2D eigenvalue weighted by Crippen LogP contribution is -2.60. The second-order valence-corrected chi connectivity index (χ2v) is 5.97. The molecular formula is C16H24N4O. The molecule has 0 aromatic heterocycles. The first kappa shape index (κ1) is 15.4. The van der Waals surface area contributed by atoms with Crippen LogP contribution in [0.4, 0.5) is 4.79 Å². The molecule has 0 bridgehead atoms. The molecule has 1 aliphatic carbocycles. The average Bonchev–Trinajstić information content (AvgIpc) is 2.48. The molecule has 0 heterocycles. The van der Waals surface area contributed by atoms with E-state index >= 15 is 0 Å². The number of nitrogens with two attached hydrogens (primary N) is 1. The second kappa shape index (κ2) is 6.61. The van der Waals surface area contributed by atoms with Gasteiger partial charge in [0.2, 0.25) is 0 Å². The van der Waals surface area contributed by atoms with Crippen LogP contribution in [0.3, 0.4) is 0 Å². The van der Waals surface area contributed by atoms with Crippen LogP contribution in [0.5, 0.6) is 0 Å². The molecule has 1 fully saturated rings. The van der Waals surface area contributed by atoms with Gasteiger partial charge in [0.05, 0.1) is 5.54 Å². The molecule has 5 nitrogen and oxygen atoms in total. The van der Waals surface area contributed by atoms with Crippen molar-refractivity contribution in [1.29, 1.82) is 5.41 Å². The first-order chi connectivity index (χ1) is 10.0. The molecule has 5 N–H and O–H groups in total. The largest absolute Gasteiger partial charge is 0.386 e. The molecule has 0 unspecified atom stereocenters. The Balaban J connectivity index is 1.91. The third-order valence-electron chi connectivity index (χ3n) is 4.29. The van der Waals surface area contributed by atoms with E-state index in [9.17, 15) is 4.79 Å². The van der Waals surface area contributed by atoms with Gasteiger partial charge in [-0.1, -0.05) is 37.3 Å². The minimum Gasteiger partial charge on any atom is -0.386 e. The highest BCUT2D eigenvalue weighted by atomic mass is 16.2. The lowest BCUT2D eigenvalue weighted by atomic mass is 9.76. The summed E-state index contributed by atoms with van der Waals surface area (Å²) in [4.78, 5) is 12.1. The van der Waals surface area contributed by atoms with Crippen LogP contribution in [0.25, 0.3) is 0 Å². The summed E-state index contributed by atoms with van der Waals surface area (Å²) < 4.78 is 0. The van der Waals surface area contributed by atoms with Crippen LogP contribution < -0.4 is 16.4 Å². The Labute approximate surface area is 125 Å². The zero-order valence-corrected chi connectivity index (χ0v) is 12.5. The molecule has 0 atom stereocenters. The standard InChI is InChI=1S/C16H24N4O/c1-12-7-9-16(10-8-12,14(17)18)20-15(21)19-11-13-5-3-2-4-6-13/h2-6,12H,7-11H2,1H3,(H3,17,18)(H2,19,20,21). The van der Waals surface area contributed by atoms with Gasteiger partial charge < -0.3 is 16.4 Å². The van der Waals surface area contributed by atoms with Crippen LogP contribution in [0, 0.1) is 11.3 Å². The summed E-state index contributed by atoms with van der Waals surface area (Å²) in [5.74, 6) is 0.691. The average molecular weight is 288 g/mol. The fraction of sp³-hybridized carbons (Fsp3) is 0.500. The fourth-order valence-corrected chi connectivity index (χ4v) is 2.76. The van der Waals surface area contributed by atoms with Crippen LogP contribution in [0.15, 0.2) is 30.3 Å². The number of carbonyl (C=O) groups is 1. The Morgan fingerprint density at radius 3 is 2.52 bits per heavy atom. The first-order valence-electron chi connectivity index (χ1n) is 7.46. The zero-order valence-electron chi connectivity index (χ0n) is 12.5. The first-order valence-corrected chi connectivity index (χ1v) is 7.46. The summed E-state index contributed by atoms with van der Waals surface area (Å²) >= 11 is 0. The second-order valence-electron chi connectivity index (χ2n) is 5.97. The van der Waals surface area contributed by atoms with Crippen LogP contribution in [-0.4, -0.2) is 17.4 Å². The van der Waals surface area contributed by atoms with Crippen molar-refractivity contribution in [3.05, 3.63) is 35.9 Å². The number of hydrogen-bond acceptors (Lipinski definition) is 2. The van der Waals surface area contributed by atoms with Gasteiger partial charge in [-0.15, -0.1) is 0 Å². The molecule has 1 saturated carbocycles. The number of carbonyl (C=O) groups excluding carboxylic acids is 1. The van der Waals surface area contributed by atoms with Gasteiger partial charge in [0.1, 0.15) is 5.84 Å². The Kier molecular flexibility index (Phi) is 4.83. The summed E-state index contributed by atoms with van der Waals surface area (Å²) in [5.41, 5.74) is 6.11. The van der Waals surface area contributed by atoms with Crippen molar-refractivity contribution in [2.24, 2.45) is 11.7 Å². The Hall–Kier alpha value is -2.04. The molecular weight excluding hydrogens is 264 g/mol. The van der Waals surface area contributed by atoms with E-state index in [4.69, 9.17) is 11.1 Å². The molecule has 0 aliphatic heterocycles. The van der Waals surface area contributed by atoms with Crippen molar-refractivity contribution in [3.8, 4) is 0 Å². The molecule has 1 aromatic carbocycles. The summed E-state index contributed by atoms with van der Waals surface area (Å²) in [6.45, 7) is 2.66. The summed E-state index contributed by atoms with van der Waals surface area (Å²) in [6, 6.07) is 9.48. The minimum atomic E-state index is -0.673. The SMILES string of the molecule is CC1CCC(NC(=O)NCc2ccccc2)(C(=N)N)CC1. The molecule has 0 spiro atoms. The summed E-state index contributed by atoms with van der Waals surface area (Å²) in [5, 5.41) is 13.6. The van der Waals surface area contributed by atoms with Crippen LogP contribution >= 0.6 is 0 Å². The van der Waals surface area contributed by atoms with Crippen LogP contribution in [-0.2, 0) is 6.54 Å². The molecule has 1 aromatic rings. The maximum atomic E-state index is 12.1. The number of hydrogen-bond donors (Lipinski definition) is 4. The van der Waals surface area contributed by atoms with E-state index in [0.29, 0.717) is 12.5 Å². The third-order valence-corrected chi connectivity index (χ3v) is 4.29. The smallest absolute Gasteiger partial charge is 0.315 e. The Morgan fingerprint density at radius 1 is 1.33 bits per heavy atom. The van der Waals surface area contributed by atoms with Gasteiger partial charge in [-0.05, 0) is 37.2 Å². The van der Waals surface area contributed by atoms with Crippen molar-refractivity contribution in [3.63, 3.8) is 0 Å². The number of amides is 2. The van der Waals surface area contributed by atoms with E-state index in [1.807, 2.05) is 30.3 Å². The highest BCUT2D eigenvalue weighted by Gasteiger charge is 2.38. The van der Waals surface area contributed by atoms with Crippen molar-refractivity contribution in [2.45, 2.75) is 44.7 Å². The molecule has 1 aliphatic rings. The number of urea groups is 1. The summed E-state index contributed by atoms with van der Waals surface area (Å²) in [7, 11) is 0. The molecule has 114 valence electrons. The molecule has 0 radical (unpaired) electrons. The molecule has 2 rings (SSSR count). The van der Waals surface area contributed by atoms with Gasteiger partial charge in [0.25, 0.3) is 0 Å². The summed E-state index contributed by atoms with van der Waals surface area (Å²) in [6.07, 6.45) is 3.45. The van der Waals surface area contributed by atoms with Crippen LogP contribution in [0.1, 0.15) is 38.2 Å². The van der Waals surface area contributed by atoms with Crippen molar-refractivity contribution in [2.75, 3.05) is 0 Å². The number of benzene rings is 1. The topological polar surface area (TPSA) is 91.0 Å². The number of rotatable bonds is 4. The zero-order chi connectivity index (χ0) is 15.3.